The van der Waals surface area contributed by atoms with Crippen LogP contribution < -0.4 is 10.1 Å². The summed E-state index contributed by atoms with van der Waals surface area (Å²) in [5, 5.41) is 3.36. The Balaban J connectivity index is 1.86. The molecule has 0 aliphatic carbocycles. The van der Waals surface area contributed by atoms with E-state index in [-0.39, 0.29) is 0 Å². The van der Waals surface area contributed by atoms with Crippen LogP contribution in [0.25, 0.3) is 0 Å². The third-order valence-corrected chi connectivity index (χ3v) is 3.00. The van der Waals surface area contributed by atoms with Gasteiger partial charge < -0.3 is 15.0 Å². The normalized spacial score (nSPS) is 15.2. The van der Waals surface area contributed by atoms with Gasteiger partial charge in [-0.05, 0) is 18.9 Å². The van der Waals surface area contributed by atoms with Crippen molar-refractivity contribution in [2.75, 3.05) is 33.8 Å². The fourth-order valence-electron chi connectivity index (χ4n) is 2.02. The van der Waals surface area contributed by atoms with Crippen molar-refractivity contribution in [2.45, 2.75) is 12.8 Å². The summed E-state index contributed by atoms with van der Waals surface area (Å²) in [6, 6.07) is 3.97. The lowest BCUT2D eigenvalue weighted by molar-refractivity contribution is 0.392. The second-order valence-corrected chi connectivity index (χ2v) is 4.33. The fraction of sp³-hybridized carbons (Fsp3) is 0.538. The molecule has 0 fully saturated rings. The number of hydrogen-bond acceptors (Lipinski definition) is 5. The van der Waals surface area contributed by atoms with Gasteiger partial charge in [-0.1, -0.05) is 6.07 Å². The number of aromatic nitrogens is 1. The summed E-state index contributed by atoms with van der Waals surface area (Å²) in [7, 11) is 3.72. The van der Waals surface area contributed by atoms with Crippen molar-refractivity contribution in [1.82, 2.24) is 15.2 Å². The molecule has 5 nitrogen and oxygen atoms in total. The van der Waals surface area contributed by atoms with E-state index in [2.05, 4.69) is 27.2 Å². The number of nitrogens with zero attached hydrogens (tertiary/aromatic N) is 3. The molecule has 0 saturated carbocycles. The van der Waals surface area contributed by atoms with Gasteiger partial charge in [0.2, 0.25) is 5.88 Å². The Bertz CT molecular complexity index is 419. The summed E-state index contributed by atoms with van der Waals surface area (Å²) >= 11 is 0. The highest BCUT2D eigenvalue weighted by Gasteiger charge is 2.10. The molecule has 2 rings (SSSR count). The number of ether oxygens (including phenoxy) is 1. The lowest BCUT2D eigenvalue weighted by atomic mass is 10.2. The first kappa shape index (κ1) is 12.7. The average Bonchev–Trinajstić information content (AvgIpc) is 2.41. The van der Waals surface area contributed by atoms with Crippen LogP contribution in [0.1, 0.15) is 12.0 Å². The van der Waals surface area contributed by atoms with E-state index in [1.54, 1.807) is 13.3 Å². The molecule has 0 bridgehead atoms. The highest BCUT2D eigenvalue weighted by molar-refractivity contribution is 5.80. The minimum Gasteiger partial charge on any atom is -0.481 e. The standard InChI is InChI=1S/C13H20N4O/c1-17-10-4-8-15-13(17)16-9-6-11-5-3-7-14-12(11)18-2/h3,5,7H,4,6,8-10H2,1-2H3,(H,15,16). The van der Waals surface area contributed by atoms with Crippen LogP contribution in [0.3, 0.4) is 0 Å². The fourth-order valence-corrected chi connectivity index (χ4v) is 2.02. The Labute approximate surface area is 108 Å². The van der Waals surface area contributed by atoms with Gasteiger partial charge >= 0.3 is 0 Å². The average molecular weight is 248 g/mol. The van der Waals surface area contributed by atoms with E-state index >= 15 is 0 Å². The Kier molecular flexibility index (Phi) is 4.39. The molecule has 0 aromatic carbocycles. The topological polar surface area (TPSA) is 49.8 Å². The minimum absolute atomic E-state index is 0.707. The first-order valence-corrected chi connectivity index (χ1v) is 6.28. The summed E-state index contributed by atoms with van der Waals surface area (Å²) in [6.45, 7) is 2.83. The molecule has 98 valence electrons. The zero-order chi connectivity index (χ0) is 12.8. The van der Waals surface area contributed by atoms with Gasteiger partial charge in [0.1, 0.15) is 0 Å². The summed E-state index contributed by atoms with van der Waals surface area (Å²) in [5.74, 6) is 1.70. The molecule has 1 aromatic rings. The molecule has 18 heavy (non-hydrogen) atoms. The molecule has 0 saturated heterocycles. The predicted octanol–water partition coefficient (Wildman–Crippen LogP) is 0.914. The van der Waals surface area contributed by atoms with Crippen molar-refractivity contribution >= 4 is 5.96 Å². The molecule has 1 aliphatic rings. The van der Waals surface area contributed by atoms with Crippen molar-refractivity contribution in [3.05, 3.63) is 23.9 Å². The summed E-state index contributed by atoms with van der Waals surface area (Å²) < 4.78 is 5.23. The first-order chi connectivity index (χ1) is 8.81. The van der Waals surface area contributed by atoms with Crippen LogP contribution in [-0.4, -0.2) is 49.6 Å². The van der Waals surface area contributed by atoms with Gasteiger partial charge in [0.05, 0.1) is 7.11 Å². The number of nitrogens with one attached hydrogen (secondary N) is 1. The molecule has 1 aliphatic heterocycles. The summed E-state index contributed by atoms with van der Waals surface area (Å²) in [5.41, 5.74) is 1.12. The Morgan fingerprint density at radius 3 is 3.17 bits per heavy atom. The maximum absolute atomic E-state index is 5.23. The second-order valence-electron chi connectivity index (χ2n) is 4.33. The lowest BCUT2D eigenvalue weighted by Crippen LogP contribution is -2.42. The van der Waals surface area contributed by atoms with Gasteiger partial charge in [0.25, 0.3) is 0 Å². The van der Waals surface area contributed by atoms with Crippen molar-refractivity contribution in [1.29, 1.82) is 0 Å². The van der Waals surface area contributed by atoms with Gasteiger partial charge in [0.15, 0.2) is 5.96 Å². The van der Waals surface area contributed by atoms with Crippen LogP contribution in [-0.2, 0) is 6.42 Å². The van der Waals surface area contributed by atoms with Crippen LogP contribution >= 0.6 is 0 Å². The van der Waals surface area contributed by atoms with Crippen LogP contribution in [0.4, 0.5) is 0 Å². The maximum Gasteiger partial charge on any atom is 0.216 e. The minimum atomic E-state index is 0.707. The zero-order valence-corrected chi connectivity index (χ0v) is 11.0. The largest absolute Gasteiger partial charge is 0.481 e. The second kappa shape index (κ2) is 6.23. The van der Waals surface area contributed by atoms with E-state index in [1.807, 2.05) is 12.1 Å². The van der Waals surface area contributed by atoms with Crippen molar-refractivity contribution in [3.63, 3.8) is 0 Å². The van der Waals surface area contributed by atoms with Crippen LogP contribution in [0.2, 0.25) is 0 Å². The Hall–Kier alpha value is -1.78. The van der Waals surface area contributed by atoms with Gasteiger partial charge in [0, 0.05) is 38.4 Å². The number of rotatable bonds is 4. The SMILES string of the molecule is COc1ncccc1CCNC1=NCCCN1C. The smallest absolute Gasteiger partial charge is 0.216 e. The molecule has 0 spiro atoms. The van der Waals surface area contributed by atoms with Crippen molar-refractivity contribution < 1.29 is 4.74 Å². The van der Waals surface area contributed by atoms with E-state index in [0.717, 1.165) is 44.0 Å². The van der Waals surface area contributed by atoms with Gasteiger partial charge in [-0.2, -0.15) is 0 Å². The van der Waals surface area contributed by atoms with Crippen LogP contribution in [0, 0.1) is 0 Å². The lowest BCUT2D eigenvalue weighted by Gasteiger charge is -2.25. The molecule has 5 heteroatoms. The van der Waals surface area contributed by atoms with Gasteiger partial charge in [-0.25, -0.2) is 4.98 Å². The quantitative estimate of drug-likeness (QED) is 0.860. The number of pyridine rings is 1. The number of aliphatic imine (C=N–C) groups is 1. The van der Waals surface area contributed by atoms with Crippen molar-refractivity contribution in [2.24, 2.45) is 4.99 Å². The van der Waals surface area contributed by atoms with E-state index in [9.17, 15) is 0 Å². The monoisotopic (exact) mass is 248 g/mol. The Morgan fingerprint density at radius 2 is 2.39 bits per heavy atom. The van der Waals surface area contributed by atoms with E-state index < -0.39 is 0 Å². The molecule has 1 aromatic heterocycles. The number of guanidine groups is 1. The number of methoxy groups -OCH3 is 1. The maximum atomic E-state index is 5.23. The van der Waals surface area contributed by atoms with Crippen molar-refractivity contribution in [3.8, 4) is 5.88 Å². The summed E-state index contributed by atoms with van der Waals surface area (Å²) in [6.07, 6.45) is 3.76. The van der Waals surface area contributed by atoms with Crippen LogP contribution in [0.5, 0.6) is 5.88 Å². The molecular weight excluding hydrogens is 228 g/mol. The Morgan fingerprint density at radius 1 is 1.50 bits per heavy atom. The molecule has 0 atom stereocenters. The first-order valence-electron chi connectivity index (χ1n) is 6.28. The molecule has 0 radical (unpaired) electrons. The van der Waals surface area contributed by atoms with Gasteiger partial charge in [-0.15, -0.1) is 0 Å². The van der Waals surface area contributed by atoms with Gasteiger partial charge in [-0.3, -0.25) is 4.99 Å². The molecule has 0 amide bonds. The highest BCUT2D eigenvalue weighted by Crippen LogP contribution is 2.13. The van der Waals surface area contributed by atoms with E-state index in [0.29, 0.717) is 5.88 Å². The molecular formula is C13H20N4O. The molecule has 1 N–H and O–H groups in total. The highest BCUT2D eigenvalue weighted by atomic mass is 16.5. The zero-order valence-electron chi connectivity index (χ0n) is 11.0. The van der Waals surface area contributed by atoms with Crippen LogP contribution in [0.15, 0.2) is 23.3 Å². The third-order valence-electron chi connectivity index (χ3n) is 3.00. The number of hydrogen-bond donors (Lipinski definition) is 1. The van der Waals surface area contributed by atoms with E-state index in [4.69, 9.17) is 4.74 Å². The third kappa shape index (κ3) is 3.12. The molecule has 2 heterocycles. The predicted molar refractivity (Wildman–Crippen MR) is 72.0 cm³/mol. The summed E-state index contributed by atoms with van der Waals surface area (Å²) in [4.78, 5) is 10.8. The van der Waals surface area contributed by atoms with E-state index in [1.165, 1.54) is 0 Å². The molecule has 0 unspecified atom stereocenters.